The molecule has 1 aromatic carbocycles. The summed E-state index contributed by atoms with van der Waals surface area (Å²) in [6.45, 7) is 0.380. The van der Waals surface area contributed by atoms with E-state index in [4.69, 9.17) is 20.9 Å². The average Bonchev–Trinajstić information content (AvgIpc) is 3.06. The van der Waals surface area contributed by atoms with Crippen molar-refractivity contribution in [2.45, 2.75) is 25.7 Å². The monoisotopic (exact) mass is 335 g/mol. The Morgan fingerprint density at radius 1 is 1.13 bits per heavy atom. The lowest BCUT2D eigenvalue weighted by molar-refractivity contribution is -0.133. The maximum atomic E-state index is 12.0. The number of hydrogen-bond acceptors (Lipinski definition) is 4. The van der Waals surface area contributed by atoms with Crippen LogP contribution in [0.4, 0.5) is 0 Å². The number of benzene rings is 1. The van der Waals surface area contributed by atoms with Crippen LogP contribution in [-0.4, -0.2) is 18.3 Å². The van der Waals surface area contributed by atoms with Crippen LogP contribution in [0.5, 0.6) is 0 Å². The summed E-state index contributed by atoms with van der Waals surface area (Å²) in [7, 11) is 0. The number of hydrogen-bond donors (Lipinski definition) is 1. The highest BCUT2D eigenvalue weighted by Crippen LogP contribution is 2.17. The van der Waals surface area contributed by atoms with Gasteiger partial charge in [0.05, 0.1) is 17.9 Å². The van der Waals surface area contributed by atoms with Crippen LogP contribution in [0.25, 0.3) is 0 Å². The Hall–Kier alpha value is -2.11. The van der Waals surface area contributed by atoms with Gasteiger partial charge in [-0.2, -0.15) is 0 Å². The Balaban J connectivity index is 1.60. The van der Waals surface area contributed by atoms with Crippen molar-refractivity contribution in [1.82, 2.24) is 5.48 Å². The molecule has 1 aromatic heterocycles. The van der Waals surface area contributed by atoms with Crippen molar-refractivity contribution < 1.29 is 18.8 Å². The summed E-state index contributed by atoms with van der Waals surface area (Å²) < 4.78 is 5.19. The Labute approximate surface area is 139 Å². The molecule has 1 amide bonds. The lowest BCUT2D eigenvalue weighted by Gasteiger charge is -2.06. The van der Waals surface area contributed by atoms with E-state index in [1.807, 2.05) is 12.1 Å². The molecule has 1 heterocycles. The normalized spacial score (nSPS) is 10.5. The van der Waals surface area contributed by atoms with Gasteiger partial charge in [0, 0.05) is 24.8 Å². The van der Waals surface area contributed by atoms with Gasteiger partial charge in [0.2, 0.25) is 5.91 Å². The molecular weight excluding hydrogens is 318 g/mol. The molecule has 0 saturated carbocycles. The molecule has 0 bridgehead atoms. The smallest absolute Gasteiger partial charge is 0.243 e. The van der Waals surface area contributed by atoms with E-state index in [0.29, 0.717) is 17.2 Å². The first-order chi connectivity index (χ1) is 11.2. The highest BCUT2D eigenvalue weighted by atomic mass is 35.5. The second-order valence-corrected chi connectivity index (χ2v) is 5.37. The van der Waals surface area contributed by atoms with E-state index in [1.54, 1.807) is 30.5 Å². The number of ketones is 1. The van der Waals surface area contributed by atoms with Crippen LogP contribution in [0.3, 0.4) is 0 Å². The third kappa shape index (κ3) is 5.88. The van der Waals surface area contributed by atoms with Crippen LogP contribution < -0.4 is 5.48 Å². The lowest BCUT2D eigenvalue weighted by Crippen LogP contribution is -2.24. The zero-order chi connectivity index (χ0) is 16.5. The minimum Gasteiger partial charge on any atom is -0.469 e. The van der Waals surface area contributed by atoms with Gasteiger partial charge in [-0.05, 0) is 30.7 Å². The van der Waals surface area contributed by atoms with Gasteiger partial charge in [0.1, 0.15) is 5.76 Å². The first kappa shape index (κ1) is 17.2. The summed E-state index contributed by atoms with van der Waals surface area (Å²) in [4.78, 5) is 28.7. The van der Waals surface area contributed by atoms with Crippen LogP contribution in [0.1, 0.15) is 35.4 Å². The molecule has 122 valence electrons. The van der Waals surface area contributed by atoms with E-state index in [2.05, 4.69) is 5.48 Å². The number of carbonyl (C=O) groups is 2. The SMILES string of the molecule is O=C(CCC(=O)c1ccccc1Cl)NOCCCc1ccco1. The quantitative estimate of drug-likeness (QED) is 0.432. The van der Waals surface area contributed by atoms with E-state index in [9.17, 15) is 9.59 Å². The van der Waals surface area contributed by atoms with Gasteiger partial charge in [0.15, 0.2) is 5.78 Å². The highest BCUT2D eigenvalue weighted by molar-refractivity contribution is 6.34. The molecular formula is C17H18ClNO4. The third-order valence-electron chi connectivity index (χ3n) is 3.19. The van der Waals surface area contributed by atoms with Gasteiger partial charge < -0.3 is 4.42 Å². The van der Waals surface area contributed by atoms with Crippen molar-refractivity contribution in [3.63, 3.8) is 0 Å². The maximum absolute atomic E-state index is 12.0. The number of halogens is 1. The number of amides is 1. The van der Waals surface area contributed by atoms with Gasteiger partial charge in [-0.3, -0.25) is 14.4 Å². The fraction of sp³-hybridized carbons (Fsp3) is 0.294. The fourth-order valence-electron chi connectivity index (χ4n) is 2.01. The summed E-state index contributed by atoms with van der Waals surface area (Å²) in [6, 6.07) is 10.5. The zero-order valence-electron chi connectivity index (χ0n) is 12.6. The molecule has 0 aliphatic heterocycles. The highest BCUT2D eigenvalue weighted by Gasteiger charge is 2.12. The van der Waals surface area contributed by atoms with Crippen molar-refractivity contribution >= 4 is 23.3 Å². The molecule has 0 spiro atoms. The minimum atomic E-state index is -0.330. The zero-order valence-corrected chi connectivity index (χ0v) is 13.3. The first-order valence-corrected chi connectivity index (χ1v) is 7.75. The number of aryl methyl sites for hydroxylation is 1. The van der Waals surface area contributed by atoms with Gasteiger partial charge >= 0.3 is 0 Å². The average molecular weight is 336 g/mol. The van der Waals surface area contributed by atoms with Gasteiger partial charge in [-0.25, -0.2) is 5.48 Å². The standard InChI is InChI=1S/C17H18ClNO4/c18-15-8-2-1-7-14(15)16(20)9-10-17(21)19-23-12-4-6-13-5-3-11-22-13/h1-3,5,7-8,11H,4,6,9-10,12H2,(H,19,21). The van der Waals surface area contributed by atoms with E-state index < -0.39 is 0 Å². The number of hydroxylamine groups is 1. The molecule has 2 rings (SSSR count). The van der Waals surface area contributed by atoms with Crippen molar-refractivity contribution in [3.8, 4) is 0 Å². The molecule has 23 heavy (non-hydrogen) atoms. The largest absolute Gasteiger partial charge is 0.469 e. The molecule has 5 nitrogen and oxygen atoms in total. The summed E-state index contributed by atoms with van der Waals surface area (Å²) in [5.74, 6) is 0.386. The minimum absolute atomic E-state index is 0.0578. The van der Waals surface area contributed by atoms with Crippen molar-refractivity contribution in [2.24, 2.45) is 0 Å². The number of carbonyl (C=O) groups excluding carboxylic acids is 2. The number of Topliss-reactive ketones (excluding diaryl/α,β-unsaturated/α-hetero) is 1. The van der Waals surface area contributed by atoms with Crippen LogP contribution in [0.2, 0.25) is 5.02 Å². The predicted octanol–water partition coefficient (Wildman–Crippen LogP) is 3.58. The predicted molar refractivity (Wildman–Crippen MR) is 86.1 cm³/mol. The van der Waals surface area contributed by atoms with Crippen molar-refractivity contribution in [1.29, 1.82) is 0 Å². The molecule has 6 heteroatoms. The van der Waals surface area contributed by atoms with Crippen LogP contribution in [0.15, 0.2) is 47.1 Å². The van der Waals surface area contributed by atoms with E-state index >= 15 is 0 Å². The second-order valence-electron chi connectivity index (χ2n) is 4.96. The number of rotatable bonds is 9. The Bertz CT molecular complexity index is 640. The first-order valence-electron chi connectivity index (χ1n) is 7.37. The van der Waals surface area contributed by atoms with Crippen molar-refractivity contribution in [3.05, 3.63) is 59.0 Å². The molecule has 0 unspecified atom stereocenters. The number of nitrogens with one attached hydrogen (secondary N) is 1. The molecule has 0 saturated heterocycles. The molecule has 0 aliphatic rings. The molecule has 0 fully saturated rings. The Morgan fingerprint density at radius 3 is 2.70 bits per heavy atom. The third-order valence-corrected chi connectivity index (χ3v) is 3.52. The number of furan rings is 1. The molecule has 0 radical (unpaired) electrons. The van der Waals surface area contributed by atoms with Gasteiger partial charge in [-0.1, -0.05) is 23.7 Å². The van der Waals surface area contributed by atoms with Crippen LogP contribution >= 0.6 is 11.6 Å². The second kappa shape index (κ2) is 9.12. The fourth-order valence-corrected chi connectivity index (χ4v) is 2.25. The summed E-state index contributed by atoms with van der Waals surface area (Å²) >= 11 is 5.94. The molecule has 0 atom stereocenters. The summed E-state index contributed by atoms with van der Waals surface area (Å²) in [5, 5.41) is 0.395. The maximum Gasteiger partial charge on any atom is 0.243 e. The summed E-state index contributed by atoms with van der Waals surface area (Å²) in [5.41, 5.74) is 2.76. The van der Waals surface area contributed by atoms with Gasteiger partial charge in [-0.15, -0.1) is 0 Å². The molecule has 2 aromatic rings. The van der Waals surface area contributed by atoms with E-state index in [-0.39, 0.29) is 24.5 Å². The van der Waals surface area contributed by atoms with Gasteiger partial charge in [0.25, 0.3) is 0 Å². The molecule has 0 aliphatic carbocycles. The van der Waals surface area contributed by atoms with Crippen LogP contribution in [0, 0.1) is 0 Å². The van der Waals surface area contributed by atoms with E-state index in [0.717, 1.165) is 18.6 Å². The van der Waals surface area contributed by atoms with Crippen LogP contribution in [-0.2, 0) is 16.1 Å². The topological polar surface area (TPSA) is 68.5 Å². The summed E-state index contributed by atoms with van der Waals surface area (Å²) in [6.07, 6.45) is 3.24. The molecule has 1 N–H and O–H groups in total. The Morgan fingerprint density at radius 2 is 1.96 bits per heavy atom. The Kier molecular flexibility index (Phi) is 6.84. The lowest BCUT2D eigenvalue weighted by atomic mass is 10.1. The van der Waals surface area contributed by atoms with Crippen molar-refractivity contribution in [2.75, 3.05) is 6.61 Å². The van der Waals surface area contributed by atoms with E-state index in [1.165, 1.54) is 0 Å².